The Morgan fingerprint density at radius 1 is 0.479 bits per heavy atom. The minimum absolute atomic E-state index is 0.271. The molecule has 0 aromatic heterocycles. The second kappa shape index (κ2) is 24.2. The molecule has 2 unspecified atom stereocenters. The van der Waals surface area contributed by atoms with Gasteiger partial charge in [-0.05, 0) is 50.7 Å². The van der Waals surface area contributed by atoms with Gasteiger partial charge in [-0.3, -0.25) is 9.59 Å². The minimum Gasteiger partial charge on any atom is -0.381 e. The van der Waals surface area contributed by atoms with Crippen LogP contribution in [-0.4, -0.2) is 47.2 Å². The molecule has 0 bridgehead atoms. The van der Waals surface area contributed by atoms with Crippen molar-refractivity contribution in [1.82, 2.24) is 0 Å². The van der Waals surface area contributed by atoms with Crippen LogP contribution in [0.1, 0.15) is 99.4 Å². The van der Waals surface area contributed by atoms with E-state index in [2.05, 4.69) is 27.7 Å². The lowest BCUT2D eigenvalue weighted by Crippen LogP contribution is -2.11. The van der Waals surface area contributed by atoms with Crippen molar-refractivity contribution < 1.29 is 29.3 Å². The average molecular weight is 657 g/mol. The van der Waals surface area contributed by atoms with Crippen LogP contribution in [-0.2, 0) is 9.47 Å². The third kappa shape index (κ3) is 18.4. The molecule has 4 aromatic rings. The summed E-state index contributed by atoms with van der Waals surface area (Å²) in [6.07, 6.45) is -1.41. The minimum atomic E-state index is -1.08. The van der Waals surface area contributed by atoms with Crippen molar-refractivity contribution in [2.75, 3.05) is 13.2 Å². The lowest BCUT2D eigenvalue weighted by atomic mass is 10.0. The molecule has 2 N–H and O–H groups in total. The Morgan fingerprint density at radius 3 is 0.979 bits per heavy atom. The van der Waals surface area contributed by atoms with Crippen LogP contribution in [0.2, 0.25) is 0 Å². The van der Waals surface area contributed by atoms with Crippen molar-refractivity contribution >= 4 is 11.6 Å². The predicted octanol–water partition coefficient (Wildman–Crippen LogP) is 9.34. The summed E-state index contributed by atoms with van der Waals surface area (Å²) in [4.78, 5) is 23.8. The third-order valence-electron chi connectivity index (χ3n) is 6.29. The summed E-state index contributed by atoms with van der Waals surface area (Å²) in [7, 11) is 0. The van der Waals surface area contributed by atoms with Crippen LogP contribution in [0.4, 0.5) is 0 Å². The first-order valence-corrected chi connectivity index (χ1v) is 16.7. The highest BCUT2D eigenvalue weighted by Crippen LogP contribution is 2.19. The summed E-state index contributed by atoms with van der Waals surface area (Å²) >= 11 is 0. The van der Waals surface area contributed by atoms with Crippen molar-refractivity contribution in [1.29, 1.82) is 0 Å². The molecule has 0 saturated carbocycles. The molecular formula is C42H56O6. The fourth-order valence-electron chi connectivity index (χ4n) is 4.18. The summed E-state index contributed by atoms with van der Waals surface area (Å²) in [5.41, 5.74) is 2.30. The first-order chi connectivity index (χ1) is 22.8. The Hall–Kier alpha value is -3.94. The van der Waals surface area contributed by atoms with Crippen molar-refractivity contribution in [3.63, 3.8) is 0 Å². The topological polar surface area (TPSA) is 93.1 Å². The van der Waals surface area contributed by atoms with Crippen LogP contribution in [0.5, 0.6) is 0 Å². The van der Waals surface area contributed by atoms with Gasteiger partial charge in [-0.25, -0.2) is 0 Å². The zero-order valence-corrected chi connectivity index (χ0v) is 30.0. The summed E-state index contributed by atoms with van der Waals surface area (Å²) in [6.45, 7) is 18.6. The molecule has 0 aliphatic rings. The highest BCUT2D eigenvalue weighted by atomic mass is 16.5. The SMILES string of the molecule is CC(C)COCC(C)C.CC(C)OC(C)C.O=C(c1ccccc1)C(O)c1ccccc1.O=C(c1ccccc1)C(O)c1ccccc1. The van der Waals surface area contributed by atoms with Gasteiger partial charge in [0.25, 0.3) is 0 Å². The van der Waals surface area contributed by atoms with Crippen molar-refractivity contribution in [2.45, 2.75) is 79.8 Å². The zero-order valence-electron chi connectivity index (χ0n) is 30.0. The summed E-state index contributed by atoms with van der Waals surface area (Å²) < 4.78 is 10.6. The van der Waals surface area contributed by atoms with E-state index in [0.717, 1.165) is 13.2 Å². The van der Waals surface area contributed by atoms with Gasteiger partial charge >= 0.3 is 0 Å². The van der Waals surface area contributed by atoms with Gasteiger partial charge in [0.05, 0.1) is 12.2 Å². The van der Waals surface area contributed by atoms with Crippen LogP contribution in [0.3, 0.4) is 0 Å². The smallest absolute Gasteiger partial charge is 0.195 e. The van der Waals surface area contributed by atoms with E-state index < -0.39 is 12.2 Å². The van der Waals surface area contributed by atoms with Crippen molar-refractivity contribution in [3.05, 3.63) is 144 Å². The Bertz CT molecular complexity index is 1260. The number of hydrogen-bond acceptors (Lipinski definition) is 6. The molecule has 6 nitrogen and oxygen atoms in total. The number of ketones is 2. The summed E-state index contributed by atoms with van der Waals surface area (Å²) in [5, 5.41) is 19.8. The predicted molar refractivity (Wildman–Crippen MR) is 196 cm³/mol. The first kappa shape index (κ1) is 42.1. The van der Waals surface area contributed by atoms with E-state index in [4.69, 9.17) is 9.47 Å². The maximum Gasteiger partial charge on any atom is 0.195 e. The Balaban J connectivity index is 0.000000339. The molecule has 0 radical (unpaired) electrons. The second-order valence-electron chi connectivity index (χ2n) is 12.6. The molecule has 0 amide bonds. The van der Waals surface area contributed by atoms with Gasteiger partial charge in [0.2, 0.25) is 0 Å². The number of ether oxygens (including phenoxy) is 2. The Labute approximate surface area is 288 Å². The molecule has 260 valence electrons. The number of carbonyl (C=O) groups excluding carboxylic acids is 2. The highest BCUT2D eigenvalue weighted by Gasteiger charge is 2.19. The number of rotatable bonds is 12. The molecule has 0 fully saturated rings. The van der Waals surface area contributed by atoms with Crippen LogP contribution >= 0.6 is 0 Å². The number of Topliss-reactive ketones (excluding diaryl/α,β-unsaturated/α-hetero) is 2. The quantitative estimate of drug-likeness (QED) is 0.148. The molecule has 0 heterocycles. The highest BCUT2D eigenvalue weighted by molar-refractivity contribution is 6.00. The number of carbonyl (C=O) groups is 2. The van der Waals surface area contributed by atoms with Gasteiger partial charge in [0.1, 0.15) is 12.2 Å². The fourth-order valence-corrected chi connectivity index (χ4v) is 4.18. The summed E-state index contributed by atoms with van der Waals surface area (Å²) in [5.74, 6) is 0.797. The van der Waals surface area contributed by atoms with Gasteiger partial charge in [0, 0.05) is 24.3 Å². The molecule has 4 rings (SSSR count). The van der Waals surface area contributed by atoms with E-state index >= 15 is 0 Å². The normalized spacial score (nSPS) is 11.8. The van der Waals surface area contributed by atoms with Crippen LogP contribution in [0, 0.1) is 11.8 Å². The molecule has 0 saturated heterocycles. The monoisotopic (exact) mass is 656 g/mol. The van der Waals surface area contributed by atoms with Crippen molar-refractivity contribution in [3.8, 4) is 0 Å². The van der Waals surface area contributed by atoms with E-state index in [9.17, 15) is 19.8 Å². The van der Waals surface area contributed by atoms with Crippen LogP contribution < -0.4 is 0 Å². The number of aliphatic hydroxyl groups is 2. The maximum absolute atomic E-state index is 11.9. The lowest BCUT2D eigenvalue weighted by Gasteiger charge is -2.09. The molecule has 0 spiro atoms. The Kier molecular flexibility index (Phi) is 21.3. The molecule has 4 aromatic carbocycles. The number of hydrogen-bond donors (Lipinski definition) is 2. The molecule has 2 atom stereocenters. The van der Waals surface area contributed by atoms with Gasteiger partial charge in [-0.2, -0.15) is 0 Å². The van der Waals surface area contributed by atoms with Gasteiger partial charge < -0.3 is 19.7 Å². The third-order valence-corrected chi connectivity index (χ3v) is 6.29. The zero-order chi connectivity index (χ0) is 35.9. The van der Waals surface area contributed by atoms with Crippen molar-refractivity contribution in [2.24, 2.45) is 11.8 Å². The van der Waals surface area contributed by atoms with Gasteiger partial charge in [-0.15, -0.1) is 0 Å². The number of benzene rings is 4. The van der Waals surface area contributed by atoms with Gasteiger partial charge in [0.15, 0.2) is 11.6 Å². The molecular weight excluding hydrogens is 600 g/mol. The largest absolute Gasteiger partial charge is 0.381 e. The molecule has 0 aliphatic heterocycles. The summed E-state index contributed by atoms with van der Waals surface area (Å²) in [6, 6.07) is 35.5. The van der Waals surface area contributed by atoms with E-state index in [1.807, 2.05) is 52.0 Å². The van der Waals surface area contributed by atoms with Crippen LogP contribution in [0.25, 0.3) is 0 Å². The fraction of sp³-hybridized carbons (Fsp3) is 0.381. The lowest BCUT2D eigenvalue weighted by molar-refractivity contribution is 0.0300. The van der Waals surface area contributed by atoms with E-state index in [1.54, 1.807) is 97.1 Å². The van der Waals surface area contributed by atoms with Crippen LogP contribution in [0.15, 0.2) is 121 Å². The van der Waals surface area contributed by atoms with Gasteiger partial charge in [-0.1, -0.05) is 149 Å². The molecule has 0 aliphatic carbocycles. The van der Waals surface area contributed by atoms with E-state index in [-0.39, 0.29) is 11.6 Å². The molecule has 48 heavy (non-hydrogen) atoms. The standard InChI is InChI=1S/2C14H12O2.C8H18O.C6H14O/c2*15-13(11-7-3-1-4-8-11)14(16)12-9-5-2-6-10-12;1-7(2)5-9-6-8(3)4;1-5(2)7-6(3)4/h2*1-10,13,15H;7-8H,5-6H2,1-4H3;5-6H,1-4H3. The molecule has 6 heteroatoms. The first-order valence-electron chi connectivity index (χ1n) is 16.7. The van der Waals surface area contributed by atoms with E-state index in [0.29, 0.717) is 46.3 Å². The second-order valence-corrected chi connectivity index (χ2v) is 12.6. The number of aliphatic hydroxyl groups excluding tert-OH is 2. The van der Waals surface area contributed by atoms with E-state index in [1.165, 1.54) is 0 Å². The Morgan fingerprint density at radius 2 is 0.750 bits per heavy atom. The average Bonchev–Trinajstić information content (AvgIpc) is 3.08. The maximum atomic E-state index is 11.9.